The maximum atomic E-state index is 13.6. The van der Waals surface area contributed by atoms with E-state index in [1.807, 2.05) is 58.0 Å². The lowest BCUT2D eigenvalue weighted by atomic mass is 9.85. The minimum absolute atomic E-state index is 0.0433. The van der Waals surface area contributed by atoms with Crippen LogP contribution in [0.25, 0.3) is 5.76 Å². The second-order valence-corrected chi connectivity index (χ2v) is 11.7. The van der Waals surface area contributed by atoms with Crippen LogP contribution in [0.3, 0.4) is 0 Å². The average molecular weight is 546 g/mol. The number of benzene rings is 3. The van der Waals surface area contributed by atoms with Crippen molar-refractivity contribution in [1.29, 1.82) is 0 Å². The summed E-state index contributed by atoms with van der Waals surface area (Å²) in [4.78, 5) is 28.7. The number of carbonyl (C=O) groups excluding carboxylic acids is 2. The molecule has 6 heteroatoms. The van der Waals surface area contributed by atoms with Crippen LogP contribution in [-0.4, -0.2) is 23.4 Å². The van der Waals surface area contributed by atoms with Crippen molar-refractivity contribution in [2.75, 3.05) is 11.5 Å². The van der Waals surface area contributed by atoms with Gasteiger partial charge in [-0.3, -0.25) is 14.5 Å². The van der Waals surface area contributed by atoms with Crippen molar-refractivity contribution in [3.8, 4) is 5.75 Å². The fourth-order valence-electron chi connectivity index (χ4n) is 5.01. The van der Waals surface area contributed by atoms with Crippen LogP contribution in [0.1, 0.15) is 81.3 Å². The molecule has 3 aromatic carbocycles. The van der Waals surface area contributed by atoms with E-state index in [0.29, 0.717) is 28.4 Å². The van der Waals surface area contributed by atoms with Gasteiger partial charge in [0.05, 0.1) is 18.2 Å². The summed E-state index contributed by atoms with van der Waals surface area (Å²) >= 11 is 6.43. The standard InChI is InChI=1S/C33H36ClNO4/c1-8-39-27-17-14-22(18-24(27)19(2)3)30(36)28-29(21-12-15-23(16-13-21)33(5,6)7)35(32(38)31(28)37)26-11-9-10-25(34)20(26)4/h9-19,29,36H,8H2,1-7H3/b30-28+. The molecule has 1 fully saturated rings. The number of ketones is 1. The Morgan fingerprint density at radius 2 is 1.72 bits per heavy atom. The summed E-state index contributed by atoms with van der Waals surface area (Å²) in [6, 6.07) is 17.7. The molecule has 1 saturated heterocycles. The summed E-state index contributed by atoms with van der Waals surface area (Å²) in [7, 11) is 0. The van der Waals surface area contributed by atoms with Crippen LogP contribution >= 0.6 is 11.6 Å². The number of aliphatic hydroxyl groups is 1. The molecule has 0 bridgehead atoms. The van der Waals surface area contributed by atoms with Gasteiger partial charge in [-0.25, -0.2) is 0 Å². The first-order valence-corrected chi connectivity index (χ1v) is 13.7. The van der Waals surface area contributed by atoms with E-state index >= 15 is 0 Å². The summed E-state index contributed by atoms with van der Waals surface area (Å²) in [5.41, 5.74) is 4.39. The van der Waals surface area contributed by atoms with Crippen LogP contribution in [0.5, 0.6) is 5.75 Å². The van der Waals surface area contributed by atoms with Crippen LogP contribution in [-0.2, 0) is 15.0 Å². The molecule has 1 amide bonds. The average Bonchev–Trinajstić information content (AvgIpc) is 3.15. The molecule has 1 unspecified atom stereocenters. The number of anilines is 1. The number of carbonyl (C=O) groups is 2. The Labute approximate surface area is 236 Å². The maximum Gasteiger partial charge on any atom is 0.300 e. The molecule has 1 heterocycles. The zero-order valence-electron chi connectivity index (χ0n) is 23.6. The third-order valence-electron chi connectivity index (χ3n) is 7.24. The summed E-state index contributed by atoms with van der Waals surface area (Å²) in [6.45, 7) is 14.7. The van der Waals surface area contributed by atoms with Gasteiger partial charge >= 0.3 is 0 Å². The highest BCUT2D eigenvalue weighted by molar-refractivity contribution is 6.52. The molecular formula is C33H36ClNO4. The molecule has 39 heavy (non-hydrogen) atoms. The summed E-state index contributed by atoms with van der Waals surface area (Å²) in [5, 5.41) is 12.1. The number of aliphatic hydroxyl groups excluding tert-OH is 1. The highest BCUT2D eigenvalue weighted by Gasteiger charge is 2.47. The molecular weight excluding hydrogens is 510 g/mol. The molecule has 0 aromatic heterocycles. The van der Waals surface area contributed by atoms with Crippen molar-refractivity contribution in [3.63, 3.8) is 0 Å². The molecule has 5 nitrogen and oxygen atoms in total. The number of rotatable bonds is 6. The second kappa shape index (κ2) is 10.9. The number of halogens is 1. The van der Waals surface area contributed by atoms with Crippen LogP contribution in [0.4, 0.5) is 5.69 Å². The van der Waals surface area contributed by atoms with Crippen molar-refractivity contribution in [1.82, 2.24) is 0 Å². The highest BCUT2D eigenvalue weighted by Crippen LogP contribution is 2.44. The van der Waals surface area contributed by atoms with Crippen LogP contribution in [0.2, 0.25) is 5.02 Å². The molecule has 4 rings (SSSR count). The quantitative estimate of drug-likeness (QED) is 0.193. The molecule has 0 spiro atoms. The summed E-state index contributed by atoms with van der Waals surface area (Å²) < 4.78 is 5.79. The molecule has 1 atom stereocenters. The van der Waals surface area contributed by atoms with Crippen molar-refractivity contribution >= 4 is 34.7 Å². The monoisotopic (exact) mass is 545 g/mol. The van der Waals surface area contributed by atoms with Gasteiger partial charge in [-0.05, 0) is 77.8 Å². The Morgan fingerprint density at radius 1 is 1.05 bits per heavy atom. The van der Waals surface area contributed by atoms with E-state index in [1.165, 1.54) is 4.90 Å². The van der Waals surface area contributed by atoms with E-state index in [-0.39, 0.29) is 22.7 Å². The van der Waals surface area contributed by atoms with Gasteiger partial charge in [-0.15, -0.1) is 0 Å². The van der Waals surface area contributed by atoms with E-state index < -0.39 is 17.7 Å². The van der Waals surface area contributed by atoms with Gasteiger partial charge in [0, 0.05) is 16.3 Å². The number of hydrogen-bond acceptors (Lipinski definition) is 4. The first-order chi connectivity index (χ1) is 18.4. The van der Waals surface area contributed by atoms with Gasteiger partial charge in [0.1, 0.15) is 11.5 Å². The molecule has 0 saturated carbocycles. The Balaban J connectivity index is 1.96. The van der Waals surface area contributed by atoms with Gasteiger partial charge in [0.25, 0.3) is 11.7 Å². The molecule has 1 aliphatic rings. The normalized spacial score (nSPS) is 17.3. The molecule has 0 radical (unpaired) electrons. The van der Waals surface area contributed by atoms with E-state index in [0.717, 1.165) is 22.4 Å². The largest absolute Gasteiger partial charge is 0.507 e. The predicted octanol–water partition coefficient (Wildman–Crippen LogP) is 8.09. The van der Waals surface area contributed by atoms with E-state index in [9.17, 15) is 14.7 Å². The summed E-state index contributed by atoms with van der Waals surface area (Å²) in [5.74, 6) is -0.811. The van der Waals surface area contributed by atoms with E-state index in [4.69, 9.17) is 16.3 Å². The SMILES string of the molecule is CCOc1ccc(/C(O)=C2\C(=O)C(=O)N(c3cccc(Cl)c3C)C2c2ccc(C(C)(C)C)cc2)cc1C(C)C. The van der Waals surface area contributed by atoms with Crippen molar-refractivity contribution < 1.29 is 19.4 Å². The van der Waals surface area contributed by atoms with Crippen molar-refractivity contribution in [2.45, 2.75) is 65.8 Å². The Morgan fingerprint density at radius 3 is 2.31 bits per heavy atom. The van der Waals surface area contributed by atoms with Gasteiger partial charge < -0.3 is 9.84 Å². The fourth-order valence-corrected chi connectivity index (χ4v) is 5.18. The third kappa shape index (κ3) is 5.33. The smallest absolute Gasteiger partial charge is 0.300 e. The van der Waals surface area contributed by atoms with Crippen molar-refractivity contribution in [2.24, 2.45) is 0 Å². The Bertz CT molecular complexity index is 1450. The highest BCUT2D eigenvalue weighted by atomic mass is 35.5. The maximum absolute atomic E-state index is 13.6. The van der Waals surface area contributed by atoms with Crippen LogP contribution < -0.4 is 9.64 Å². The molecule has 1 N–H and O–H groups in total. The Kier molecular flexibility index (Phi) is 7.94. The molecule has 3 aromatic rings. The first-order valence-electron chi connectivity index (χ1n) is 13.3. The zero-order chi connectivity index (χ0) is 28.6. The lowest BCUT2D eigenvalue weighted by molar-refractivity contribution is -0.132. The second-order valence-electron chi connectivity index (χ2n) is 11.3. The lowest BCUT2D eigenvalue weighted by Gasteiger charge is -2.28. The minimum Gasteiger partial charge on any atom is -0.507 e. The summed E-state index contributed by atoms with van der Waals surface area (Å²) in [6.07, 6.45) is 0. The molecule has 1 aliphatic heterocycles. The van der Waals surface area contributed by atoms with Crippen LogP contribution in [0, 0.1) is 6.92 Å². The zero-order valence-corrected chi connectivity index (χ0v) is 24.4. The van der Waals surface area contributed by atoms with Gasteiger partial charge in [0.2, 0.25) is 0 Å². The number of hydrogen-bond donors (Lipinski definition) is 1. The predicted molar refractivity (Wildman–Crippen MR) is 158 cm³/mol. The molecule has 0 aliphatic carbocycles. The Hall–Kier alpha value is -3.57. The molecule has 204 valence electrons. The number of nitrogens with zero attached hydrogens (tertiary/aromatic N) is 1. The minimum atomic E-state index is -0.828. The first kappa shape index (κ1) is 28.4. The van der Waals surface area contributed by atoms with Gasteiger partial charge in [-0.2, -0.15) is 0 Å². The van der Waals surface area contributed by atoms with Gasteiger partial charge in [-0.1, -0.05) is 76.6 Å². The number of amides is 1. The van der Waals surface area contributed by atoms with Crippen molar-refractivity contribution in [3.05, 3.63) is 99.1 Å². The van der Waals surface area contributed by atoms with Crippen LogP contribution in [0.15, 0.2) is 66.2 Å². The van der Waals surface area contributed by atoms with E-state index in [2.05, 4.69) is 20.8 Å². The fraction of sp³-hybridized carbons (Fsp3) is 0.333. The number of ether oxygens (including phenoxy) is 1. The number of Topliss-reactive ketones (excluding diaryl/α,β-unsaturated/α-hetero) is 1. The van der Waals surface area contributed by atoms with E-state index in [1.54, 1.807) is 30.3 Å². The lowest BCUT2D eigenvalue weighted by Crippen LogP contribution is -2.30. The third-order valence-corrected chi connectivity index (χ3v) is 7.65. The van der Waals surface area contributed by atoms with Gasteiger partial charge in [0.15, 0.2) is 0 Å². The topological polar surface area (TPSA) is 66.8 Å².